The topological polar surface area (TPSA) is 114 Å². The van der Waals surface area contributed by atoms with Gasteiger partial charge < -0.3 is 18.6 Å². The molecule has 0 aliphatic heterocycles. The van der Waals surface area contributed by atoms with Gasteiger partial charge in [0.05, 0.1) is 31.4 Å². The largest absolute Gasteiger partial charge is 0.496 e. The number of methoxy groups -OCH3 is 2. The number of ketones is 1. The van der Waals surface area contributed by atoms with E-state index >= 15 is 0 Å². The summed E-state index contributed by atoms with van der Waals surface area (Å²) in [5.74, 6) is 1.75. The minimum absolute atomic E-state index is 0.0445. The fraction of sp³-hybridized carbons (Fsp3) is 0.148. The third-order valence-corrected chi connectivity index (χ3v) is 6.78. The number of carbonyl (C=O) groups is 1. The summed E-state index contributed by atoms with van der Waals surface area (Å²) in [6, 6.07) is 13.3. The van der Waals surface area contributed by atoms with Crippen molar-refractivity contribution in [2.24, 2.45) is 0 Å². The summed E-state index contributed by atoms with van der Waals surface area (Å²) in [5.41, 5.74) is 3.55. The molecule has 0 atom stereocenters. The highest BCUT2D eigenvalue weighted by Gasteiger charge is 2.17. The molecular weight excluding hydrogens is 506 g/mol. The van der Waals surface area contributed by atoms with E-state index in [1.807, 2.05) is 42.5 Å². The number of carbonyl (C=O) groups excluding carboxylic acids is 1. The zero-order valence-corrected chi connectivity index (χ0v) is 21.3. The van der Waals surface area contributed by atoms with Gasteiger partial charge in [0.15, 0.2) is 11.5 Å². The van der Waals surface area contributed by atoms with Crippen molar-refractivity contribution < 1.29 is 23.4 Å². The summed E-state index contributed by atoms with van der Waals surface area (Å²) in [6.07, 6.45) is 6.49. The maximum Gasteiger partial charge on any atom is 0.294 e. The number of rotatable bonds is 9. The summed E-state index contributed by atoms with van der Waals surface area (Å²) in [7, 11) is 3.17. The zero-order valence-electron chi connectivity index (χ0n) is 20.5. The van der Waals surface area contributed by atoms with Crippen molar-refractivity contribution in [1.29, 1.82) is 0 Å². The molecule has 0 N–H and O–H groups in total. The highest BCUT2D eigenvalue weighted by atomic mass is 32.1. The van der Waals surface area contributed by atoms with Gasteiger partial charge in [-0.25, -0.2) is 19.5 Å². The number of hydrogen-bond donors (Lipinski definition) is 0. The van der Waals surface area contributed by atoms with Crippen LogP contribution in [0.2, 0.25) is 0 Å². The van der Waals surface area contributed by atoms with Crippen LogP contribution in [-0.2, 0) is 13.0 Å². The van der Waals surface area contributed by atoms with Crippen molar-refractivity contribution in [2.75, 3.05) is 14.2 Å². The molecule has 190 valence electrons. The molecule has 0 fully saturated rings. The lowest BCUT2D eigenvalue weighted by atomic mass is 10.0. The Balaban J connectivity index is 1.24. The lowest BCUT2D eigenvalue weighted by Gasteiger charge is -2.10. The Morgan fingerprint density at radius 1 is 1.05 bits per heavy atom. The van der Waals surface area contributed by atoms with Crippen LogP contribution in [0.15, 0.2) is 71.8 Å². The van der Waals surface area contributed by atoms with Crippen LogP contribution in [0.3, 0.4) is 0 Å². The van der Waals surface area contributed by atoms with Crippen molar-refractivity contribution in [3.63, 3.8) is 0 Å². The molecule has 0 aliphatic carbocycles. The first-order valence-electron chi connectivity index (χ1n) is 11.6. The fourth-order valence-electron chi connectivity index (χ4n) is 4.05. The lowest BCUT2D eigenvalue weighted by molar-refractivity contribution is 0.0992. The number of nitrogens with zero attached hydrogens (tertiary/aromatic N) is 5. The SMILES string of the molecule is COc1cc(OCc2cccc(CC(=O)c3cncnc3)c2)c2cc(-c3cn4nc(OC)sc4n3)oc2c1. The van der Waals surface area contributed by atoms with E-state index in [2.05, 4.69) is 20.1 Å². The van der Waals surface area contributed by atoms with Crippen LogP contribution in [-0.4, -0.2) is 44.6 Å². The van der Waals surface area contributed by atoms with Crippen LogP contribution in [0.5, 0.6) is 16.7 Å². The number of imidazole rings is 1. The summed E-state index contributed by atoms with van der Waals surface area (Å²) in [4.78, 5) is 25.7. The van der Waals surface area contributed by atoms with Gasteiger partial charge in [0.25, 0.3) is 5.19 Å². The standard InChI is InChI=1S/C27H21N5O5S/c1-34-19-8-23(36-14-17-5-3-4-16(6-17)7-22(33)18-11-28-15-29-12-18)20-10-25(37-24(20)9-19)21-13-32-26(30-21)38-27(31-32)35-2/h3-6,8-13,15H,7,14H2,1-2H3. The van der Waals surface area contributed by atoms with Gasteiger partial charge in [-0.05, 0) is 28.5 Å². The molecule has 0 spiro atoms. The van der Waals surface area contributed by atoms with E-state index in [9.17, 15) is 4.79 Å². The van der Waals surface area contributed by atoms with Crippen LogP contribution in [0.25, 0.3) is 27.4 Å². The van der Waals surface area contributed by atoms with Gasteiger partial charge in [-0.1, -0.05) is 24.3 Å². The second-order valence-electron chi connectivity index (χ2n) is 8.41. The number of furan rings is 1. The molecule has 0 aliphatic rings. The summed E-state index contributed by atoms with van der Waals surface area (Å²) in [5, 5.41) is 5.64. The van der Waals surface area contributed by atoms with E-state index < -0.39 is 0 Å². The Kier molecular flexibility index (Phi) is 6.18. The van der Waals surface area contributed by atoms with Gasteiger partial charge in [0.2, 0.25) is 4.96 Å². The molecule has 0 radical (unpaired) electrons. The average Bonchev–Trinajstić information content (AvgIpc) is 3.65. The molecule has 4 heterocycles. The molecule has 0 amide bonds. The Labute approximate surface area is 220 Å². The van der Waals surface area contributed by atoms with Crippen LogP contribution >= 0.6 is 11.3 Å². The fourth-order valence-corrected chi connectivity index (χ4v) is 4.75. The second kappa shape index (κ2) is 9.94. The van der Waals surface area contributed by atoms with Gasteiger partial charge in [-0.2, -0.15) is 0 Å². The summed E-state index contributed by atoms with van der Waals surface area (Å²) >= 11 is 1.34. The second-order valence-corrected chi connectivity index (χ2v) is 9.33. The number of fused-ring (bicyclic) bond motifs is 2. The molecule has 10 nitrogen and oxygen atoms in total. The van der Waals surface area contributed by atoms with Crippen LogP contribution in [0.4, 0.5) is 0 Å². The maximum absolute atomic E-state index is 12.6. The monoisotopic (exact) mass is 527 g/mol. The Bertz CT molecular complexity index is 1730. The predicted octanol–water partition coefficient (Wildman–Crippen LogP) is 5.02. The molecule has 0 saturated heterocycles. The van der Waals surface area contributed by atoms with E-state index in [1.54, 1.807) is 24.9 Å². The molecule has 11 heteroatoms. The number of Topliss-reactive ketones (excluding diaryl/α,β-unsaturated/α-hetero) is 1. The number of ether oxygens (including phenoxy) is 3. The highest BCUT2D eigenvalue weighted by Crippen LogP contribution is 2.37. The van der Waals surface area contributed by atoms with E-state index in [-0.39, 0.29) is 12.2 Å². The molecule has 6 aromatic rings. The van der Waals surface area contributed by atoms with E-state index in [0.717, 1.165) is 16.5 Å². The lowest BCUT2D eigenvalue weighted by Crippen LogP contribution is -2.05. The van der Waals surface area contributed by atoms with E-state index in [0.29, 0.717) is 50.9 Å². The first kappa shape index (κ1) is 23.6. The van der Waals surface area contributed by atoms with Crippen molar-refractivity contribution in [1.82, 2.24) is 24.6 Å². The predicted molar refractivity (Wildman–Crippen MR) is 140 cm³/mol. The quantitative estimate of drug-likeness (QED) is 0.239. The molecule has 2 aromatic carbocycles. The van der Waals surface area contributed by atoms with Crippen molar-refractivity contribution >= 4 is 33.1 Å². The Morgan fingerprint density at radius 3 is 2.68 bits per heavy atom. The van der Waals surface area contributed by atoms with Crippen LogP contribution in [0.1, 0.15) is 21.5 Å². The first-order valence-corrected chi connectivity index (χ1v) is 12.4. The Hall–Kier alpha value is -4.77. The molecule has 0 saturated carbocycles. The van der Waals surface area contributed by atoms with Crippen molar-refractivity contribution in [3.8, 4) is 28.1 Å². The van der Waals surface area contributed by atoms with E-state index in [1.165, 1.54) is 30.1 Å². The zero-order chi connectivity index (χ0) is 26.1. The van der Waals surface area contributed by atoms with Gasteiger partial charge >= 0.3 is 0 Å². The minimum atomic E-state index is -0.0445. The molecule has 38 heavy (non-hydrogen) atoms. The van der Waals surface area contributed by atoms with Crippen LogP contribution < -0.4 is 14.2 Å². The van der Waals surface area contributed by atoms with Crippen molar-refractivity contribution in [2.45, 2.75) is 13.0 Å². The third kappa shape index (κ3) is 4.66. The molecule has 0 unspecified atom stereocenters. The van der Waals surface area contributed by atoms with Crippen molar-refractivity contribution in [3.05, 3.63) is 84.1 Å². The third-order valence-electron chi connectivity index (χ3n) is 5.89. The smallest absolute Gasteiger partial charge is 0.294 e. The minimum Gasteiger partial charge on any atom is -0.496 e. The van der Waals surface area contributed by atoms with Crippen LogP contribution in [0, 0.1) is 0 Å². The van der Waals surface area contributed by atoms with Gasteiger partial charge in [-0.15, -0.1) is 5.10 Å². The average molecular weight is 528 g/mol. The van der Waals surface area contributed by atoms with Gasteiger partial charge in [0.1, 0.15) is 35.7 Å². The molecule has 4 aromatic heterocycles. The van der Waals surface area contributed by atoms with Gasteiger partial charge in [-0.3, -0.25) is 4.79 Å². The maximum atomic E-state index is 12.6. The van der Waals surface area contributed by atoms with Gasteiger partial charge in [0, 0.05) is 30.9 Å². The first-order chi connectivity index (χ1) is 18.6. The summed E-state index contributed by atoms with van der Waals surface area (Å²) in [6.45, 7) is 0.295. The van der Waals surface area contributed by atoms with E-state index in [4.69, 9.17) is 18.6 Å². The number of aromatic nitrogens is 5. The normalized spacial score (nSPS) is 11.2. The Morgan fingerprint density at radius 2 is 1.89 bits per heavy atom. The highest BCUT2D eigenvalue weighted by molar-refractivity contribution is 7.18. The number of hydrogen-bond acceptors (Lipinski definition) is 10. The molecule has 0 bridgehead atoms. The molecular formula is C27H21N5O5S. The summed E-state index contributed by atoms with van der Waals surface area (Å²) < 4.78 is 24.6. The molecule has 6 rings (SSSR count). The number of benzene rings is 2.